The molecule has 0 saturated heterocycles. The predicted molar refractivity (Wildman–Crippen MR) is 96.5 cm³/mol. The van der Waals surface area contributed by atoms with Crippen LogP contribution in [0.5, 0.6) is 0 Å². The van der Waals surface area contributed by atoms with Gasteiger partial charge in [0.15, 0.2) is 11.6 Å². The second-order valence-corrected chi connectivity index (χ2v) is 6.45. The van der Waals surface area contributed by atoms with Gasteiger partial charge < -0.3 is 14.2 Å². The molecule has 8 nitrogen and oxygen atoms in total. The van der Waals surface area contributed by atoms with E-state index in [4.69, 9.17) is 4.74 Å². The summed E-state index contributed by atoms with van der Waals surface area (Å²) in [6.07, 6.45) is 5.13. The first-order chi connectivity index (χ1) is 13.2. The van der Waals surface area contributed by atoms with Crippen LogP contribution < -0.4 is 0 Å². The van der Waals surface area contributed by atoms with E-state index in [1.54, 1.807) is 23.5 Å². The first kappa shape index (κ1) is 17.3. The third-order valence-electron chi connectivity index (χ3n) is 4.50. The largest absolute Gasteiger partial charge is 0.369 e. The van der Waals surface area contributed by atoms with Crippen LogP contribution in [0.1, 0.15) is 33.3 Å². The van der Waals surface area contributed by atoms with E-state index in [9.17, 15) is 4.79 Å². The summed E-state index contributed by atoms with van der Waals surface area (Å²) < 4.78 is 7.76. The highest BCUT2D eigenvalue weighted by Crippen LogP contribution is 2.16. The van der Waals surface area contributed by atoms with Crippen molar-refractivity contribution in [2.75, 3.05) is 6.54 Å². The van der Waals surface area contributed by atoms with Crippen LogP contribution in [0.2, 0.25) is 0 Å². The maximum atomic E-state index is 12.7. The van der Waals surface area contributed by atoms with Gasteiger partial charge in [0.2, 0.25) is 0 Å². The van der Waals surface area contributed by atoms with E-state index in [-0.39, 0.29) is 5.91 Å². The van der Waals surface area contributed by atoms with Gasteiger partial charge in [-0.2, -0.15) is 0 Å². The Morgan fingerprint density at radius 1 is 1.15 bits per heavy atom. The molecular formula is C19H20N6O2. The van der Waals surface area contributed by atoms with Crippen LogP contribution in [0.4, 0.5) is 0 Å². The lowest BCUT2D eigenvalue weighted by molar-refractivity contribution is 0.0696. The number of amides is 1. The first-order valence-corrected chi connectivity index (χ1v) is 8.80. The number of nitrogens with zero attached hydrogens (tertiary/aromatic N) is 6. The molecule has 27 heavy (non-hydrogen) atoms. The number of hydrogen-bond donors (Lipinski definition) is 0. The smallest absolute Gasteiger partial charge is 0.255 e. The average Bonchev–Trinajstić information content (AvgIpc) is 3.11. The molecule has 3 aromatic rings. The van der Waals surface area contributed by atoms with Crippen molar-refractivity contribution in [3.05, 3.63) is 71.3 Å². The Kier molecular flexibility index (Phi) is 4.88. The van der Waals surface area contributed by atoms with Gasteiger partial charge in [-0.15, -0.1) is 10.2 Å². The molecule has 0 unspecified atom stereocenters. The van der Waals surface area contributed by atoms with Gasteiger partial charge in [0.25, 0.3) is 5.91 Å². The third kappa shape index (κ3) is 3.85. The minimum atomic E-state index is -0.0360. The first-order valence-electron chi connectivity index (χ1n) is 8.80. The summed E-state index contributed by atoms with van der Waals surface area (Å²) in [7, 11) is 0. The highest BCUT2D eigenvalue weighted by Gasteiger charge is 2.25. The highest BCUT2D eigenvalue weighted by atomic mass is 16.5. The van der Waals surface area contributed by atoms with Gasteiger partial charge in [0.05, 0.1) is 18.7 Å². The molecule has 0 aliphatic carbocycles. The summed E-state index contributed by atoms with van der Waals surface area (Å²) in [6, 6.07) is 7.50. The van der Waals surface area contributed by atoms with Crippen molar-refractivity contribution in [3.8, 4) is 0 Å². The molecule has 0 radical (unpaired) electrons. The molecule has 4 heterocycles. The Labute approximate surface area is 156 Å². The van der Waals surface area contributed by atoms with E-state index in [1.807, 2.05) is 35.8 Å². The van der Waals surface area contributed by atoms with Crippen LogP contribution in [0.15, 0.2) is 42.9 Å². The zero-order chi connectivity index (χ0) is 18.6. The second kappa shape index (κ2) is 7.63. The van der Waals surface area contributed by atoms with Crippen LogP contribution in [-0.2, 0) is 31.0 Å². The molecule has 0 aromatic carbocycles. The lowest BCUT2D eigenvalue weighted by Crippen LogP contribution is -2.38. The number of ether oxygens (including phenoxy) is 1. The van der Waals surface area contributed by atoms with Crippen molar-refractivity contribution < 1.29 is 9.53 Å². The molecule has 1 aliphatic heterocycles. The molecule has 3 aromatic heterocycles. The van der Waals surface area contributed by atoms with Crippen LogP contribution in [0, 0.1) is 6.92 Å². The minimum Gasteiger partial charge on any atom is -0.369 e. The normalized spacial score (nSPS) is 13.4. The third-order valence-corrected chi connectivity index (χ3v) is 4.50. The van der Waals surface area contributed by atoms with Crippen molar-refractivity contribution in [2.24, 2.45) is 0 Å². The van der Waals surface area contributed by atoms with Gasteiger partial charge >= 0.3 is 0 Å². The maximum Gasteiger partial charge on any atom is 0.255 e. The molecule has 4 rings (SSSR count). The number of carbonyl (C=O) groups is 1. The number of aromatic nitrogens is 5. The van der Waals surface area contributed by atoms with E-state index in [1.165, 1.54) is 0 Å². The van der Waals surface area contributed by atoms with Crippen molar-refractivity contribution in [2.45, 2.75) is 33.2 Å². The average molecular weight is 364 g/mol. The van der Waals surface area contributed by atoms with E-state index in [0.29, 0.717) is 38.4 Å². The molecular weight excluding hydrogens is 344 g/mol. The van der Waals surface area contributed by atoms with Crippen molar-refractivity contribution in [1.82, 2.24) is 29.6 Å². The predicted octanol–water partition coefficient (Wildman–Crippen LogP) is 1.75. The molecule has 8 heteroatoms. The van der Waals surface area contributed by atoms with E-state index in [0.717, 1.165) is 22.9 Å². The van der Waals surface area contributed by atoms with Gasteiger partial charge in [-0.3, -0.25) is 14.8 Å². The fraction of sp³-hybridized carbons (Fsp3) is 0.316. The standard InChI is InChI=1S/C19H20N6O2/c1-14-4-5-16(10-21-14)19(26)24-7-8-25-17(11-24)22-23-18(25)13-27-12-15-3-2-6-20-9-15/h2-6,9-10H,7-8,11-13H2,1H3. The van der Waals surface area contributed by atoms with Gasteiger partial charge in [-0.25, -0.2) is 0 Å². The molecule has 1 aliphatic rings. The van der Waals surface area contributed by atoms with Gasteiger partial charge in [-0.1, -0.05) is 6.07 Å². The summed E-state index contributed by atoms with van der Waals surface area (Å²) in [4.78, 5) is 22.7. The molecule has 138 valence electrons. The van der Waals surface area contributed by atoms with Gasteiger partial charge in [0.1, 0.15) is 6.61 Å². The fourth-order valence-electron chi connectivity index (χ4n) is 3.02. The number of aryl methyl sites for hydroxylation is 1. The number of pyridine rings is 2. The molecule has 1 amide bonds. The van der Waals surface area contributed by atoms with Crippen molar-refractivity contribution in [3.63, 3.8) is 0 Å². The number of fused-ring (bicyclic) bond motifs is 1. The Balaban J connectivity index is 1.38. The molecule has 0 saturated carbocycles. The number of hydrogen-bond acceptors (Lipinski definition) is 6. The Bertz CT molecular complexity index is 923. The zero-order valence-corrected chi connectivity index (χ0v) is 15.1. The quantitative estimate of drug-likeness (QED) is 0.686. The van der Waals surface area contributed by atoms with Crippen LogP contribution in [-0.4, -0.2) is 42.1 Å². The van der Waals surface area contributed by atoms with Crippen molar-refractivity contribution >= 4 is 5.91 Å². The summed E-state index contributed by atoms with van der Waals surface area (Å²) in [5.74, 6) is 1.51. The molecule has 0 atom stereocenters. The zero-order valence-electron chi connectivity index (χ0n) is 15.1. The van der Waals surface area contributed by atoms with Crippen molar-refractivity contribution in [1.29, 1.82) is 0 Å². The lowest BCUT2D eigenvalue weighted by Gasteiger charge is -2.27. The molecule has 0 fully saturated rings. The minimum absolute atomic E-state index is 0.0360. The SMILES string of the molecule is Cc1ccc(C(=O)N2CCn3c(COCc4cccnc4)nnc3C2)cn1. The van der Waals surface area contributed by atoms with E-state index in [2.05, 4.69) is 20.2 Å². The second-order valence-electron chi connectivity index (χ2n) is 6.45. The lowest BCUT2D eigenvalue weighted by atomic mass is 10.2. The fourth-order valence-corrected chi connectivity index (χ4v) is 3.02. The molecule has 0 spiro atoms. The summed E-state index contributed by atoms with van der Waals surface area (Å²) >= 11 is 0. The summed E-state index contributed by atoms with van der Waals surface area (Å²) in [5.41, 5.74) is 2.49. The molecule has 0 bridgehead atoms. The Morgan fingerprint density at radius 3 is 2.85 bits per heavy atom. The Morgan fingerprint density at radius 2 is 2.07 bits per heavy atom. The van der Waals surface area contributed by atoms with Crippen LogP contribution in [0.25, 0.3) is 0 Å². The number of rotatable bonds is 5. The monoisotopic (exact) mass is 364 g/mol. The van der Waals surface area contributed by atoms with Crippen LogP contribution >= 0.6 is 0 Å². The topological polar surface area (TPSA) is 86.0 Å². The summed E-state index contributed by atoms with van der Waals surface area (Å²) in [6.45, 7) is 4.43. The van der Waals surface area contributed by atoms with E-state index < -0.39 is 0 Å². The van der Waals surface area contributed by atoms with E-state index >= 15 is 0 Å². The van der Waals surface area contributed by atoms with Gasteiger partial charge in [0, 0.05) is 37.4 Å². The Hall–Kier alpha value is -3.13. The molecule has 0 N–H and O–H groups in total. The van der Waals surface area contributed by atoms with Gasteiger partial charge in [-0.05, 0) is 30.7 Å². The maximum absolute atomic E-state index is 12.7. The van der Waals surface area contributed by atoms with Crippen LogP contribution in [0.3, 0.4) is 0 Å². The summed E-state index contributed by atoms with van der Waals surface area (Å²) in [5, 5.41) is 8.46. The highest BCUT2D eigenvalue weighted by molar-refractivity contribution is 5.93. The number of carbonyl (C=O) groups excluding carboxylic acids is 1.